The Kier molecular flexibility index (Phi) is 3.66. The van der Waals surface area contributed by atoms with Crippen molar-refractivity contribution in [1.29, 1.82) is 0 Å². The fraction of sp³-hybridized carbons (Fsp3) is 0. The number of nitro benzene ring substituents is 1. The van der Waals surface area contributed by atoms with Gasteiger partial charge in [0.05, 0.1) is 16.3 Å². The van der Waals surface area contributed by atoms with Crippen LogP contribution in [0.15, 0.2) is 24.3 Å². The molecule has 5 nitrogen and oxygen atoms in total. The Morgan fingerprint density at radius 2 is 1.62 bits per heavy atom. The van der Waals surface area contributed by atoms with Gasteiger partial charge in [-0.3, -0.25) is 10.1 Å². The van der Waals surface area contributed by atoms with E-state index in [2.05, 4.69) is 5.32 Å². The average molecular weight is 301 g/mol. The van der Waals surface area contributed by atoms with Crippen LogP contribution >= 0.6 is 0 Å². The van der Waals surface area contributed by atoms with Crippen LogP contribution in [-0.4, -0.2) is 4.92 Å². The lowest BCUT2D eigenvalue weighted by Gasteiger charge is -2.11. The maximum Gasteiger partial charge on any atom is 0.271 e. The topological polar surface area (TPSA) is 81.2 Å². The zero-order valence-electron chi connectivity index (χ0n) is 10.2. The molecule has 0 saturated heterocycles. The molecule has 0 aromatic heterocycles. The molecule has 2 rings (SSSR count). The minimum Gasteiger partial charge on any atom is -0.397 e. The molecule has 21 heavy (non-hydrogen) atoms. The number of nitrogens with one attached hydrogen (secondary N) is 1. The number of nitro groups is 1. The first kappa shape index (κ1) is 14.6. The van der Waals surface area contributed by atoms with E-state index in [0.717, 1.165) is 18.2 Å². The van der Waals surface area contributed by atoms with Gasteiger partial charge < -0.3 is 11.1 Å². The molecular formula is C12H7F4N3O2. The molecule has 2 aromatic rings. The highest BCUT2D eigenvalue weighted by Crippen LogP contribution is 2.31. The molecule has 0 aliphatic carbocycles. The maximum atomic E-state index is 13.5. The number of nitrogen functional groups attached to an aromatic ring is 1. The first-order chi connectivity index (χ1) is 9.81. The minimum absolute atomic E-state index is 0.0645. The smallest absolute Gasteiger partial charge is 0.271 e. The summed E-state index contributed by atoms with van der Waals surface area (Å²) in [6, 6.07) is 3.09. The monoisotopic (exact) mass is 301 g/mol. The lowest BCUT2D eigenvalue weighted by molar-refractivity contribution is -0.384. The van der Waals surface area contributed by atoms with Gasteiger partial charge in [-0.05, 0) is 6.07 Å². The van der Waals surface area contributed by atoms with E-state index in [9.17, 15) is 27.7 Å². The van der Waals surface area contributed by atoms with Gasteiger partial charge in [-0.15, -0.1) is 0 Å². The fourth-order valence-corrected chi connectivity index (χ4v) is 1.60. The van der Waals surface area contributed by atoms with Gasteiger partial charge in [0, 0.05) is 18.2 Å². The summed E-state index contributed by atoms with van der Waals surface area (Å²) in [5, 5.41) is 12.6. The van der Waals surface area contributed by atoms with Crippen LogP contribution in [-0.2, 0) is 0 Å². The predicted molar refractivity (Wildman–Crippen MR) is 67.1 cm³/mol. The fourth-order valence-electron chi connectivity index (χ4n) is 1.60. The molecule has 0 atom stereocenters. The largest absolute Gasteiger partial charge is 0.397 e. The van der Waals surface area contributed by atoms with Crippen LogP contribution in [0, 0.1) is 33.4 Å². The van der Waals surface area contributed by atoms with Crippen LogP contribution in [0.2, 0.25) is 0 Å². The standard InChI is InChI=1S/C12H7F4N3O2/c13-6-4-7(14)11(16)12(10(6)15)18-9-2-1-5(19(20)21)3-8(9)17/h1-4,18H,17H2. The molecule has 0 amide bonds. The number of halogens is 4. The third kappa shape index (κ3) is 2.71. The Labute approximate surface area is 115 Å². The highest BCUT2D eigenvalue weighted by atomic mass is 19.2. The van der Waals surface area contributed by atoms with Crippen molar-refractivity contribution >= 4 is 22.7 Å². The van der Waals surface area contributed by atoms with Crippen LogP contribution < -0.4 is 11.1 Å². The molecule has 0 aliphatic heterocycles. The summed E-state index contributed by atoms with van der Waals surface area (Å²) in [5.74, 6) is -6.44. The number of rotatable bonds is 3. The number of anilines is 3. The molecule has 0 radical (unpaired) electrons. The number of nitrogens with two attached hydrogens (primary N) is 1. The summed E-state index contributed by atoms with van der Waals surface area (Å²) in [7, 11) is 0. The van der Waals surface area contributed by atoms with E-state index in [4.69, 9.17) is 5.73 Å². The quantitative estimate of drug-likeness (QED) is 0.299. The lowest BCUT2D eigenvalue weighted by Crippen LogP contribution is -2.05. The van der Waals surface area contributed by atoms with Crippen molar-refractivity contribution in [2.45, 2.75) is 0 Å². The number of hydrogen-bond donors (Lipinski definition) is 2. The molecule has 9 heteroatoms. The van der Waals surface area contributed by atoms with Gasteiger partial charge in [0.1, 0.15) is 5.69 Å². The minimum atomic E-state index is -1.63. The van der Waals surface area contributed by atoms with E-state index in [1.54, 1.807) is 0 Å². The number of nitrogens with zero attached hydrogens (tertiary/aromatic N) is 1. The van der Waals surface area contributed by atoms with E-state index in [1.165, 1.54) is 0 Å². The molecule has 0 saturated carbocycles. The first-order valence-corrected chi connectivity index (χ1v) is 5.45. The summed E-state index contributed by atoms with van der Waals surface area (Å²) in [6.45, 7) is 0. The van der Waals surface area contributed by atoms with Crippen molar-refractivity contribution in [3.63, 3.8) is 0 Å². The molecular weight excluding hydrogens is 294 g/mol. The van der Waals surface area contributed by atoms with Crippen molar-refractivity contribution in [3.05, 3.63) is 57.6 Å². The number of non-ortho nitro benzene ring substituents is 1. The zero-order chi connectivity index (χ0) is 15.7. The summed E-state index contributed by atoms with van der Waals surface area (Å²) in [5.41, 5.74) is 3.71. The average Bonchev–Trinajstić information content (AvgIpc) is 2.42. The Hall–Kier alpha value is -2.84. The predicted octanol–water partition coefficient (Wildman–Crippen LogP) is 3.48. The molecule has 0 heterocycles. The molecule has 0 fully saturated rings. The Morgan fingerprint density at radius 1 is 1.05 bits per heavy atom. The molecule has 0 spiro atoms. The molecule has 0 bridgehead atoms. The van der Waals surface area contributed by atoms with Gasteiger partial charge >= 0.3 is 0 Å². The van der Waals surface area contributed by atoms with Crippen LogP contribution in [0.25, 0.3) is 0 Å². The van der Waals surface area contributed by atoms with Gasteiger partial charge in [-0.2, -0.15) is 0 Å². The normalized spacial score (nSPS) is 10.5. The summed E-state index contributed by atoms with van der Waals surface area (Å²) < 4.78 is 53.1. The van der Waals surface area contributed by atoms with Crippen molar-refractivity contribution in [2.75, 3.05) is 11.1 Å². The third-order valence-corrected chi connectivity index (χ3v) is 2.62. The first-order valence-electron chi connectivity index (χ1n) is 5.45. The van der Waals surface area contributed by atoms with Gasteiger partial charge in [-0.25, -0.2) is 17.6 Å². The molecule has 110 valence electrons. The van der Waals surface area contributed by atoms with Crippen molar-refractivity contribution in [3.8, 4) is 0 Å². The number of benzene rings is 2. The summed E-state index contributed by atoms with van der Waals surface area (Å²) in [6.07, 6.45) is 0. The van der Waals surface area contributed by atoms with E-state index < -0.39 is 33.9 Å². The van der Waals surface area contributed by atoms with Crippen LogP contribution in [0.4, 0.5) is 40.3 Å². The third-order valence-electron chi connectivity index (χ3n) is 2.62. The Balaban J connectivity index is 2.46. The van der Waals surface area contributed by atoms with Crippen LogP contribution in [0.1, 0.15) is 0 Å². The van der Waals surface area contributed by atoms with E-state index in [1.807, 2.05) is 0 Å². The molecule has 0 aliphatic rings. The molecule has 0 unspecified atom stereocenters. The summed E-state index contributed by atoms with van der Waals surface area (Å²) in [4.78, 5) is 9.81. The molecule has 3 N–H and O–H groups in total. The second-order valence-corrected chi connectivity index (χ2v) is 4.00. The second kappa shape index (κ2) is 5.27. The van der Waals surface area contributed by atoms with Gasteiger partial charge in [0.25, 0.3) is 5.69 Å². The van der Waals surface area contributed by atoms with Crippen LogP contribution in [0.3, 0.4) is 0 Å². The number of hydrogen-bond acceptors (Lipinski definition) is 4. The van der Waals surface area contributed by atoms with Gasteiger partial charge in [0.2, 0.25) is 0 Å². The SMILES string of the molecule is Nc1cc([N+](=O)[O-])ccc1Nc1c(F)c(F)cc(F)c1F. The van der Waals surface area contributed by atoms with E-state index in [0.29, 0.717) is 0 Å². The lowest BCUT2D eigenvalue weighted by atomic mass is 10.2. The van der Waals surface area contributed by atoms with Crippen molar-refractivity contribution < 1.29 is 22.5 Å². The van der Waals surface area contributed by atoms with Crippen LogP contribution in [0.5, 0.6) is 0 Å². The maximum absolute atomic E-state index is 13.5. The van der Waals surface area contributed by atoms with Crippen molar-refractivity contribution in [1.82, 2.24) is 0 Å². The highest BCUT2D eigenvalue weighted by Gasteiger charge is 2.20. The Morgan fingerprint density at radius 3 is 2.10 bits per heavy atom. The Bertz CT molecular complexity index is 711. The van der Waals surface area contributed by atoms with Crippen molar-refractivity contribution in [2.24, 2.45) is 0 Å². The highest BCUT2D eigenvalue weighted by molar-refractivity contribution is 5.75. The van der Waals surface area contributed by atoms with Gasteiger partial charge in [-0.1, -0.05) is 0 Å². The van der Waals surface area contributed by atoms with E-state index in [-0.39, 0.29) is 23.1 Å². The second-order valence-electron chi connectivity index (χ2n) is 4.00. The zero-order valence-corrected chi connectivity index (χ0v) is 10.2. The molecule has 2 aromatic carbocycles. The summed E-state index contributed by atoms with van der Waals surface area (Å²) >= 11 is 0. The van der Waals surface area contributed by atoms with E-state index >= 15 is 0 Å². The van der Waals surface area contributed by atoms with Gasteiger partial charge in [0.15, 0.2) is 23.3 Å².